The molecular formula is C19H20N4. The van der Waals surface area contributed by atoms with Crippen LogP contribution in [-0.2, 0) is 19.5 Å². The van der Waals surface area contributed by atoms with E-state index in [0.29, 0.717) is 6.42 Å². The largest absolute Gasteiger partial charge is 0.361 e. The normalized spacial score (nSPS) is 11.0. The van der Waals surface area contributed by atoms with Crippen LogP contribution in [0.3, 0.4) is 0 Å². The van der Waals surface area contributed by atoms with Crippen molar-refractivity contribution in [2.75, 3.05) is 7.05 Å². The first-order chi connectivity index (χ1) is 11.3. The fourth-order valence-electron chi connectivity index (χ4n) is 2.90. The zero-order valence-corrected chi connectivity index (χ0v) is 13.3. The maximum atomic E-state index is 8.79. The van der Waals surface area contributed by atoms with Gasteiger partial charge in [-0.1, -0.05) is 24.3 Å². The Bertz CT molecular complexity index is 829. The summed E-state index contributed by atoms with van der Waals surface area (Å²) in [6, 6.07) is 14.6. The molecule has 0 fully saturated rings. The summed E-state index contributed by atoms with van der Waals surface area (Å²) in [5.41, 5.74) is 4.69. The van der Waals surface area contributed by atoms with Gasteiger partial charge in [0.05, 0.1) is 11.8 Å². The van der Waals surface area contributed by atoms with Crippen molar-refractivity contribution in [3.05, 3.63) is 65.6 Å². The summed E-state index contributed by atoms with van der Waals surface area (Å²) in [7, 11) is 2.10. The summed E-state index contributed by atoms with van der Waals surface area (Å²) >= 11 is 0. The molecule has 0 saturated carbocycles. The van der Waals surface area contributed by atoms with E-state index in [1.54, 1.807) is 0 Å². The molecule has 0 aliphatic carbocycles. The molecule has 0 bridgehead atoms. The van der Waals surface area contributed by atoms with Gasteiger partial charge in [-0.2, -0.15) is 5.26 Å². The standard InChI is InChI=1S/C19H20N4/c1-23(13-16-12-22-18-9-3-2-8-17(16)18)14-19-15(6-4-10-20)7-5-11-21-19/h2-3,5,7-9,11-12,22H,4,6,13-14H2,1H3. The number of hydrogen-bond donors (Lipinski definition) is 1. The molecule has 2 heterocycles. The third kappa shape index (κ3) is 3.58. The second kappa shape index (κ2) is 7.08. The number of benzene rings is 1. The molecule has 4 heteroatoms. The molecule has 0 unspecified atom stereocenters. The number of hydrogen-bond acceptors (Lipinski definition) is 3. The molecule has 0 saturated heterocycles. The molecule has 0 aliphatic heterocycles. The molecule has 2 aromatic heterocycles. The van der Waals surface area contributed by atoms with Crippen molar-refractivity contribution >= 4 is 10.9 Å². The number of fused-ring (bicyclic) bond motifs is 1. The number of nitrogens with one attached hydrogen (secondary N) is 1. The number of H-pyrrole nitrogens is 1. The third-order valence-corrected chi connectivity index (χ3v) is 4.03. The van der Waals surface area contributed by atoms with E-state index >= 15 is 0 Å². The zero-order valence-electron chi connectivity index (χ0n) is 13.3. The first-order valence-corrected chi connectivity index (χ1v) is 7.81. The monoisotopic (exact) mass is 304 g/mol. The van der Waals surface area contributed by atoms with Gasteiger partial charge in [-0.25, -0.2) is 0 Å². The number of para-hydroxylation sites is 1. The lowest BCUT2D eigenvalue weighted by Gasteiger charge is -2.17. The predicted molar refractivity (Wildman–Crippen MR) is 91.6 cm³/mol. The van der Waals surface area contributed by atoms with Crippen LogP contribution in [0.4, 0.5) is 0 Å². The molecule has 3 rings (SSSR count). The maximum Gasteiger partial charge on any atom is 0.0625 e. The summed E-state index contributed by atoms with van der Waals surface area (Å²) in [6.45, 7) is 1.64. The predicted octanol–water partition coefficient (Wildman–Crippen LogP) is 3.65. The lowest BCUT2D eigenvalue weighted by molar-refractivity contribution is 0.315. The van der Waals surface area contributed by atoms with Gasteiger partial charge < -0.3 is 4.98 Å². The quantitative estimate of drug-likeness (QED) is 0.756. The molecule has 116 valence electrons. The van der Waals surface area contributed by atoms with E-state index in [1.165, 1.54) is 22.0 Å². The highest BCUT2D eigenvalue weighted by molar-refractivity contribution is 5.82. The SMILES string of the molecule is CN(Cc1ncccc1CCC#N)Cc1c[nH]c2ccccc12. The van der Waals surface area contributed by atoms with Gasteiger partial charge >= 0.3 is 0 Å². The highest BCUT2D eigenvalue weighted by Gasteiger charge is 2.10. The molecular weight excluding hydrogens is 284 g/mol. The number of aryl methyl sites for hydroxylation is 1. The van der Waals surface area contributed by atoms with Crippen molar-refractivity contribution in [2.24, 2.45) is 0 Å². The van der Waals surface area contributed by atoms with E-state index in [2.05, 4.69) is 58.4 Å². The summed E-state index contributed by atoms with van der Waals surface area (Å²) in [5.74, 6) is 0. The van der Waals surface area contributed by atoms with E-state index in [0.717, 1.165) is 25.2 Å². The first-order valence-electron chi connectivity index (χ1n) is 7.81. The van der Waals surface area contributed by atoms with Gasteiger partial charge in [0.2, 0.25) is 0 Å². The number of rotatable bonds is 6. The Kier molecular flexibility index (Phi) is 4.70. The first kappa shape index (κ1) is 15.3. The van der Waals surface area contributed by atoms with Gasteiger partial charge in [-0.3, -0.25) is 9.88 Å². The molecule has 4 nitrogen and oxygen atoms in total. The van der Waals surface area contributed by atoms with Gasteiger partial charge in [0, 0.05) is 42.8 Å². The van der Waals surface area contributed by atoms with Crippen LogP contribution in [0.2, 0.25) is 0 Å². The van der Waals surface area contributed by atoms with Crippen molar-refractivity contribution in [3.8, 4) is 6.07 Å². The smallest absolute Gasteiger partial charge is 0.0625 e. The summed E-state index contributed by atoms with van der Waals surface area (Å²) in [6.07, 6.45) is 5.20. The number of aromatic amines is 1. The minimum atomic E-state index is 0.533. The van der Waals surface area contributed by atoms with Crippen molar-refractivity contribution in [1.82, 2.24) is 14.9 Å². The Morgan fingerprint density at radius 3 is 2.87 bits per heavy atom. The molecule has 0 aliphatic rings. The van der Waals surface area contributed by atoms with Gasteiger partial charge in [-0.05, 0) is 36.7 Å². The Morgan fingerprint density at radius 2 is 2.00 bits per heavy atom. The molecule has 0 radical (unpaired) electrons. The van der Waals surface area contributed by atoms with E-state index in [9.17, 15) is 0 Å². The second-order valence-corrected chi connectivity index (χ2v) is 5.80. The minimum Gasteiger partial charge on any atom is -0.361 e. The topological polar surface area (TPSA) is 55.7 Å². The van der Waals surface area contributed by atoms with E-state index < -0.39 is 0 Å². The maximum absolute atomic E-state index is 8.79. The van der Waals surface area contributed by atoms with Gasteiger partial charge in [-0.15, -0.1) is 0 Å². The van der Waals surface area contributed by atoms with E-state index in [-0.39, 0.29) is 0 Å². The van der Waals surface area contributed by atoms with Crippen LogP contribution in [0.1, 0.15) is 23.2 Å². The lowest BCUT2D eigenvalue weighted by atomic mass is 10.1. The molecule has 0 atom stereocenters. The van der Waals surface area contributed by atoms with Crippen LogP contribution in [0.15, 0.2) is 48.8 Å². The second-order valence-electron chi connectivity index (χ2n) is 5.80. The number of aromatic nitrogens is 2. The van der Waals surface area contributed by atoms with Crippen LogP contribution in [0.25, 0.3) is 10.9 Å². The van der Waals surface area contributed by atoms with E-state index in [4.69, 9.17) is 5.26 Å². The highest BCUT2D eigenvalue weighted by Crippen LogP contribution is 2.20. The van der Waals surface area contributed by atoms with Crippen molar-refractivity contribution < 1.29 is 0 Å². The van der Waals surface area contributed by atoms with Crippen molar-refractivity contribution in [1.29, 1.82) is 5.26 Å². The average molecular weight is 304 g/mol. The molecule has 1 aromatic carbocycles. The van der Waals surface area contributed by atoms with Crippen molar-refractivity contribution in [3.63, 3.8) is 0 Å². The highest BCUT2D eigenvalue weighted by atomic mass is 15.1. The molecule has 23 heavy (non-hydrogen) atoms. The summed E-state index contributed by atoms with van der Waals surface area (Å²) in [4.78, 5) is 10.1. The molecule has 1 N–H and O–H groups in total. The average Bonchev–Trinajstić information content (AvgIpc) is 2.97. The molecule has 3 aromatic rings. The van der Waals surface area contributed by atoms with Gasteiger partial charge in [0.25, 0.3) is 0 Å². The molecule has 0 amide bonds. The van der Waals surface area contributed by atoms with Crippen LogP contribution in [0.5, 0.6) is 0 Å². The van der Waals surface area contributed by atoms with Crippen molar-refractivity contribution in [2.45, 2.75) is 25.9 Å². The molecule has 0 spiro atoms. The van der Waals surface area contributed by atoms with Gasteiger partial charge in [0.1, 0.15) is 0 Å². The third-order valence-electron chi connectivity index (χ3n) is 4.03. The fourth-order valence-corrected chi connectivity index (χ4v) is 2.90. The summed E-state index contributed by atoms with van der Waals surface area (Å²) < 4.78 is 0. The number of pyridine rings is 1. The lowest BCUT2D eigenvalue weighted by Crippen LogP contribution is -2.19. The Balaban J connectivity index is 1.72. The van der Waals surface area contributed by atoms with Crippen LogP contribution >= 0.6 is 0 Å². The number of nitriles is 1. The van der Waals surface area contributed by atoms with Gasteiger partial charge in [0.15, 0.2) is 0 Å². The van der Waals surface area contributed by atoms with Crippen LogP contribution < -0.4 is 0 Å². The Morgan fingerprint density at radius 1 is 1.13 bits per heavy atom. The minimum absolute atomic E-state index is 0.533. The number of nitrogens with zero attached hydrogens (tertiary/aromatic N) is 3. The van der Waals surface area contributed by atoms with Crippen LogP contribution in [-0.4, -0.2) is 21.9 Å². The van der Waals surface area contributed by atoms with Crippen LogP contribution in [0, 0.1) is 11.3 Å². The Hall–Kier alpha value is -2.64. The van der Waals surface area contributed by atoms with E-state index in [1.807, 2.05) is 18.3 Å². The fraction of sp³-hybridized carbons (Fsp3) is 0.263. The Labute approximate surface area is 136 Å². The summed E-state index contributed by atoms with van der Waals surface area (Å²) in [5, 5.41) is 10.1. The zero-order chi connectivity index (χ0) is 16.1.